The van der Waals surface area contributed by atoms with Crippen molar-refractivity contribution in [3.8, 4) is 23.7 Å². The monoisotopic (exact) mass is 374 g/mol. The molecule has 28 heavy (non-hydrogen) atoms. The van der Waals surface area contributed by atoms with E-state index in [1.165, 1.54) is 0 Å². The fourth-order valence-electron chi connectivity index (χ4n) is 2.37. The Morgan fingerprint density at radius 1 is 0.679 bits per heavy atom. The van der Waals surface area contributed by atoms with Crippen LogP contribution in [0.25, 0.3) is 0 Å². The third-order valence-corrected chi connectivity index (χ3v) is 3.81. The quantitative estimate of drug-likeness (QED) is 0.347. The molecule has 0 fully saturated rings. The molecule has 144 valence electrons. The number of hydrogen-bond acceptors (Lipinski definition) is 3. The van der Waals surface area contributed by atoms with Gasteiger partial charge in [-0.25, -0.2) is 0 Å². The van der Waals surface area contributed by atoms with E-state index in [2.05, 4.69) is 23.7 Å². The van der Waals surface area contributed by atoms with Crippen LogP contribution in [0.15, 0.2) is 60.7 Å². The summed E-state index contributed by atoms with van der Waals surface area (Å²) in [5.41, 5.74) is 2.31. The van der Waals surface area contributed by atoms with Crippen LogP contribution in [0.4, 0.5) is 0 Å². The second kappa shape index (κ2) is 14.2. The van der Waals surface area contributed by atoms with Gasteiger partial charge in [0.15, 0.2) is 0 Å². The third-order valence-electron chi connectivity index (χ3n) is 3.81. The first kappa shape index (κ1) is 21.5. The van der Waals surface area contributed by atoms with Gasteiger partial charge in [-0.05, 0) is 35.8 Å². The Balaban J connectivity index is 1.46. The van der Waals surface area contributed by atoms with E-state index in [-0.39, 0.29) is 5.78 Å². The van der Waals surface area contributed by atoms with Gasteiger partial charge in [-0.3, -0.25) is 4.79 Å². The minimum absolute atomic E-state index is 0.324. The number of unbranched alkanes of at least 4 members (excludes halogenated alkanes) is 2. The predicted molar refractivity (Wildman–Crippen MR) is 111 cm³/mol. The molecule has 0 heterocycles. The Hall–Kier alpha value is -2.85. The summed E-state index contributed by atoms with van der Waals surface area (Å²) in [6.45, 7) is 2.47. The molecule has 0 unspecified atom stereocenters. The summed E-state index contributed by atoms with van der Waals surface area (Å²) in [5, 5.41) is 0. The van der Waals surface area contributed by atoms with E-state index in [4.69, 9.17) is 9.47 Å². The lowest BCUT2D eigenvalue weighted by Gasteiger charge is -2.02. The zero-order valence-electron chi connectivity index (χ0n) is 16.2. The number of carbonyl (C=O) groups excluding carboxylic acids is 1. The molecule has 0 bridgehead atoms. The smallest absolute Gasteiger partial charge is 0.279 e. The van der Waals surface area contributed by atoms with E-state index >= 15 is 0 Å². The molecule has 0 N–H and O–H groups in total. The van der Waals surface area contributed by atoms with E-state index < -0.39 is 0 Å². The highest BCUT2D eigenvalue weighted by atomic mass is 16.5. The van der Waals surface area contributed by atoms with Gasteiger partial charge >= 0.3 is 0 Å². The maximum Gasteiger partial charge on any atom is 0.279 e. The van der Waals surface area contributed by atoms with Crippen molar-refractivity contribution in [2.75, 3.05) is 13.2 Å². The van der Waals surface area contributed by atoms with Crippen molar-refractivity contribution < 1.29 is 14.3 Å². The lowest BCUT2D eigenvalue weighted by Crippen LogP contribution is -1.95. The van der Waals surface area contributed by atoms with Crippen LogP contribution in [0.2, 0.25) is 0 Å². The maximum absolute atomic E-state index is 11.6. The number of hydrogen-bond donors (Lipinski definition) is 0. The van der Waals surface area contributed by atoms with E-state index in [1.807, 2.05) is 60.7 Å². The molecule has 2 aromatic carbocycles. The first-order valence-corrected chi connectivity index (χ1v) is 9.59. The Labute approximate surface area is 168 Å². The Morgan fingerprint density at radius 2 is 1.11 bits per heavy atom. The molecule has 3 nitrogen and oxygen atoms in total. The average Bonchev–Trinajstić information content (AvgIpc) is 2.74. The van der Waals surface area contributed by atoms with Crippen molar-refractivity contribution in [2.24, 2.45) is 0 Å². The first-order chi connectivity index (χ1) is 13.8. The van der Waals surface area contributed by atoms with Gasteiger partial charge in [0.05, 0.1) is 13.2 Å². The summed E-state index contributed by atoms with van der Waals surface area (Å²) >= 11 is 0. The lowest BCUT2D eigenvalue weighted by molar-refractivity contribution is -0.108. The molecule has 2 aromatic rings. The van der Waals surface area contributed by atoms with Gasteiger partial charge in [0.25, 0.3) is 5.78 Å². The van der Waals surface area contributed by atoms with Crippen molar-refractivity contribution in [3.05, 3.63) is 71.8 Å². The number of carbonyl (C=O) groups is 1. The molecule has 0 aliphatic rings. The highest BCUT2D eigenvalue weighted by Crippen LogP contribution is 2.02. The van der Waals surface area contributed by atoms with Gasteiger partial charge in [-0.2, -0.15) is 0 Å². The molecule has 0 amide bonds. The second-order valence-corrected chi connectivity index (χ2v) is 6.22. The standard InChI is InChI=1S/C25H26O3/c26-25(17-9-3-11-19-27-21-23-13-5-1-6-14-23)18-10-4-12-20-28-22-24-15-7-2-8-16-24/h1-2,5-8,13-16H,3-4,11-12,19-22H2. The third kappa shape index (κ3) is 10.3. The van der Waals surface area contributed by atoms with Crippen LogP contribution >= 0.6 is 0 Å². The van der Waals surface area contributed by atoms with Crippen LogP contribution in [0.3, 0.4) is 0 Å². The Bertz CT molecular complexity index is 735. The van der Waals surface area contributed by atoms with E-state index in [1.54, 1.807) is 0 Å². The van der Waals surface area contributed by atoms with Crippen molar-refractivity contribution >= 4 is 5.78 Å². The zero-order valence-corrected chi connectivity index (χ0v) is 16.2. The number of rotatable bonds is 10. The number of Topliss-reactive ketones (excluding diaryl/α,β-unsaturated/α-hetero) is 1. The molecule has 0 atom stereocenters. The Morgan fingerprint density at radius 3 is 1.54 bits per heavy atom. The molecule has 0 radical (unpaired) electrons. The van der Waals surface area contributed by atoms with E-state index in [0.717, 1.165) is 24.0 Å². The Kier molecular flexibility index (Phi) is 10.9. The molecule has 0 aliphatic carbocycles. The van der Waals surface area contributed by atoms with Crippen molar-refractivity contribution in [1.29, 1.82) is 0 Å². The molecule has 3 heteroatoms. The molecule has 0 saturated carbocycles. The van der Waals surface area contributed by atoms with E-state index in [9.17, 15) is 4.79 Å². The topological polar surface area (TPSA) is 35.5 Å². The fourth-order valence-corrected chi connectivity index (χ4v) is 2.37. The van der Waals surface area contributed by atoms with Crippen molar-refractivity contribution in [3.63, 3.8) is 0 Å². The summed E-state index contributed by atoms with van der Waals surface area (Å²) in [4.78, 5) is 11.6. The normalized spacial score (nSPS) is 9.71. The fraction of sp³-hybridized carbons (Fsp3) is 0.320. The minimum atomic E-state index is -0.324. The van der Waals surface area contributed by atoms with Gasteiger partial charge in [-0.15, -0.1) is 0 Å². The zero-order chi connectivity index (χ0) is 19.7. The van der Waals surface area contributed by atoms with E-state index in [0.29, 0.717) is 39.3 Å². The van der Waals surface area contributed by atoms with Gasteiger partial charge in [0.1, 0.15) is 0 Å². The molecular weight excluding hydrogens is 348 g/mol. The summed E-state index contributed by atoms with van der Waals surface area (Å²) in [5.74, 6) is 10.5. The minimum Gasteiger partial charge on any atom is -0.377 e. The van der Waals surface area contributed by atoms with Gasteiger partial charge in [-0.1, -0.05) is 72.5 Å². The predicted octanol–water partition coefficient (Wildman–Crippen LogP) is 4.56. The molecule has 0 spiro atoms. The van der Waals surface area contributed by atoms with Crippen molar-refractivity contribution in [1.82, 2.24) is 0 Å². The molecular formula is C25H26O3. The van der Waals surface area contributed by atoms with Crippen molar-refractivity contribution in [2.45, 2.75) is 38.9 Å². The molecule has 0 saturated heterocycles. The van der Waals surface area contributed by atoms with Crippen LogP contribution in [-0.4, -0.2) is 19.0 Å². The number of ether oxygens (including phenoxy) is 2. The largest absolute Gasteiger partial charge is 0.377 e. The van der Waals surface area contributed by atoms with Crippen LogP contribution < -0.4 is 0 Å². The van der Waals surface area contributed by atoms with Crippen LogP contribution in [0.5, 0.6) is 0 Å². The summed E-state index contributed by atoms with van der Waals surface area (Å²) in [6.07, 6.45) is 2.88. The molecule has 0 aromatic heterocycles. The van der Waals surface area contributed by atoms with Crippen LogP contribution in [0, 0.1) is 23.7 Å². The summed E-state index contributed by atoms with van der Waals surface area (Å²) in [6, 6.07) is 20.1. The maximum atomic E-state index is 11.6. The molecule has 2 rings (SSSR count). The first-order valence-electron chi connectivity index (χ1n) is 9.59. The highest BCUT2D eigenvalue weighted by Gasteiger charge is 1.93. The van der Waals surface area contributed by atoms with Crippen LogP contribution in [-0.2, 0) is 27.5 Å². The highest BCUT2D eigenvalue weighted by molar-refractivity contribution is 6.08. The van der Waals surface area contributed by atoms with Gasteiger partial charge in [0, 0.05) is 26.1 Å². The molecule has 0 aliphatic heterocycles. The van der Waals surface area contributed by atoms with Gasteiger partial charge in [0.2, 0.25) is 0 Å². The van der Waals surface area contributed by atoms with Gasteiger partial charge < -0.3 is 9.47 Å². The summed E-state index contributed by atoms with van der Waals surface area (Å²) in [7, 11) is 0. The SMILES string of the molecule is O=C(C#CCCCOCc1ccccc1)C#CCCCOCc1ccccc1. The van der Waals surface area contributed by atoms with Crippen LogP contribution in [0.1, 0.15) is 36.8 Å². The summed E-state index contributed by atoms with van der Waals surface area (Å²) < 4.78 is 11.1. The average molecular weight is 374 g/mol. The lowest BCUT2D eigenvalue weighted by atomic mass is 10.2. The second-order valence-electron chi connectivity index (χ2n) is 6.22. The number of ketones is 1. The number of benzene rings is 2.